The van der Waals surface area contributed by atoms with Crippen molar-refractivity contribution in [1.29, 1.82) is 0 Å². The van der Waals surface area contributed by atoms with E-state index in [1.807, 2.05) is 39.0 Å². The number of nitrogens with two attached hydrogens (primary N) is 1. The maximum Gasteiger partial charge on any atom is 0.126 e. The third kappa shape index (κ3) is 1.97. The van der Waals surface area contributed by atoms with Crippen LogP contribution in [0.3, 0.4) is 0 Å². The van der Waals surface area contributed by atoms with Gasteiger partial charge in [-0.05, 0) is 32.9 Å². The maximum absolute atomic E-state index is 6.00. The average molecular weight is 216 g/mol. The van der Waals surface area contributed by atoms with Crippen molar-refractivity contribution in [3.05, 3.63) is 35.9 Å². The van der Waals surface area contributed by atoms with E-state index in [4.69, 9.17) is 5.73 Å². The van der Waals surface area contributed by atoms with Crippen molar-refractivity contribution in [2.45, 2.75) is 26.3 Å². The van der Waals surface area contributed by atoms with Crippen molar-refractivity contribution in [2.75, 3.05) is 0 Å². The third-order valence-corrected chi connectivity index (χ3v) is 2.40. The monoisotopic (exact) mass is 216 g/mol. The van der Waals surface area contributed by atoms with Crippen LogP contribution in [0.4, 0.5) is 0 Å². The van der Waals surface area contributed by atoms with Gasteiger partial charge in [0.15, 0.2) is 0 Å². The number of nitrogens with zero attached hydrogens (tertiary/aromatic N) is 2. The highest BCUT2D eigenvalue weighted by Crippen LogP contribution is 2.22. The molecule has 4 nitrogen and oxygen atoms in total. The molecule has 4 heteroatoms. The molecule has 0 aliphatic carbocycles. The summed E-state index contributed by atoms with van der Waals surface area (Å²) in [6, 6.07) is 5.78. The summed E-state index contributed by atoms with van der Waals surface area (Å²) in [7, 11) is 0. The van der Waals surface area contributed by atoms with Gasteiger partial charge in [-0.25, -0.2) is 4.98 Å². The predicted molar refractivity (Wildman–Crippen MR) is 63.8 cm³/mol. The number of H-pyrrole nitrogens is 1. The van der Waals surface area contributed by atoms with Gasteiger partial charge in [-0.15, -0.1) is 0 Å². The zero-order valence-corrected chi connectivity index (χ0v) is 9.78. The minimum atomic E-state index is -0.461. The fourth-order valence-corrected chi connectivity index (χ4v) is 1.52. The Morgan fingerprint density at radius 1 is 1.31 bits per heavy atom. The van der Waals surface area contributed by atoms with Crippen LogP contribution >= 0.6 is 0 Å². The predicted octanol–water partition coefficient (Wildman–Crippen LogP) is 1.97. The summed E-state index contributed by atoms with van der Waals surface area (Å²) < 4.78 is 0. The highest BCUT2D eigenvalue weighted by molar-refractivity contribution is 5.57. The summed E-state index contributed by atoms with van der Waals surface area (Å²) in [5.41, 5.74) is 8.27. The van der Waals surface area contributed by atoms with Crippen molar-refractivity contribution in [3.63, 3.8) is 0 Å². The van der Waals surface area contributed by atoms with Crippen molar-refractivity contribution < 1.29 is 0 Å². The molecule has 2 aromatic rings. The third-order valence-electron chi connectivity index (χ3n) is 2.40. The van der Waals surface area contributed by atoms with Gasteiger partial charge in [0.05, 0.1) is 11.2 Å². The van der Waals surface area contributed by atoms with Gasteiger partial charge < -0.3 is 10.7 Å². The van der Waals surface area contributed by atoms with Crippen LogP contribution in [-0.2, 0) is 5.54 Å². The lowest BCUT2D eigenvalue weighted by atomic mass is 10.1. The van der Waals surface area contributed by atoms with Crippen LogP contribution in [0.2, 0.25) is 0 Å². The second kappa shape index (κ2) is 3.72. The van der Waals surface area contributed by atoms with Crippen molar-refractivity contribution >= 4 is 0 Å². The Balaban J connectivity index is 2.48. The number of aryl methyl sites for hydroxylation is 1. The molecule has 0 aromatic carbocycles. The van der Waals surface area contributed by atoms with E-state index in [1.54, 1.807) is 6.20 Å². The highest BCUT2D eigenvalue weighted by atomic mass is 15.0. The van der Waals surface area contributed by atoms with E-state index in [0.29, 0.717) is 0 Å². The van der Waals surface area contributed by atoms with Gasteiger partial charge in [0.1, 0.15) is 11.5 Å². The van der Waals surface area contributed by atoms with Crippen LogP contribution in [0.15, 0.2) is 24.4 Å². The molecule has 0 atom stereocenters. The molecule has 84 valence electrons. The molecule has 2 heterocycles. The lowest BCUT2D eigenvalue weighted by molar-refractivity contribution is 0.520. The molecular formula is C12H16N4. The van der Waals surface area contributed by atoms with E-state index < -0.39 is 5.54 Å². The van der Waals surface area contributed by atoms with Crippen LogP contribution in [0.1, 0.15) is 25.4 Å². The second-order valence-corrected chi connectivity index (χ2v) is 4.50. The Hall–Kier alpha value is -1.68. The maximum atomic E-state index is 6.00. The van der Waals surface area contributed by atoms with E-state index in [0.717, 1.165) is 22.9 Å². The molecule has 0 aliphatic heterocycles. The van der Waals surface area contributed by atoms with Crippen LogP contribution in [0, 0.1) is 6.92 Å². The van der Waals surface area contributed by atoms with Gasteiger partial charge in [-0.1, -0.05) is 6.07 Å². The first kappa shape index (κ1) is 10.8. The standard InChI is InChI=1S/C12H16N4/c1-8-10(9-6-4-5-7-14-9)16-11(15-8)12(2,3)13/h4-7H,13H2,1-3H3,(H,15,16). The largest absolute Gasteiger partial charge is 0.344 e. The van der Waals surface area contributed by atoms with Gasteiger partial charge in [-0.2, -0.15) is 0 Å². The summed E-state index contributed by atoms with van der Waals surface area (Å²) in [4.78, 5) is 12.0. The first-order chi connectivity index (χ1) is 7.48. The number of aromatic amines is 1. The van der Waals surface area contributed by atoms with Gasteiger partial charge >= 0.3 is 0 Å². The molecule has 0 unspecified atom stereocenters. The van der Waals surface area contributed by atoms with E-state index >= 15 is 0 Å². The van der Waals surface area contributed by atoms with Gasteiger partial charge in [0, 0.05) is 11.9 Å². The molecule has 0 amide bonds. The van der Waals surface area contributed by atoms with Gasteiger partial charge in [-0.3, -0.25) is 4.98 Å². The molecule has 0 saturated carbocycles. The van der Waals surface area contributed by atoms with E-state index in [-0.39, 0.29) is 0 Å². The number of nitrogens with one attached hydrogen (secondary N) is 1. The Morgan fingerprint density at radius 2 is 2.06 bits per heavy atom. The number of pyridine rings is 1. The molecule has 2 aromatic heterocycles. The van der Waals surface area contributed by atoms with E-state index in [9.17, 15) is 0 Å². The lowest BCUT2D eigenvalue weighted by Gasteiger charge is -2.14. The van der Waals surface area contributed by atoms with E-state index in [2.05, 4.69) is 15.0 Å². The highest BCUT2D eigenvalue weighted by Gasteiger charge is 2.20. The zero-order chi connectivity index (χ0) is 11.8. The number of aromatic nitrogens is 3. The minimum absolute atomic E-state index is 0.461. The summed E-state index contributed by atoms with van der Waals surface area (Å²) in [5.74, 6) is 0.783. The summed E-state index contributed by atoms with van der Waals surface area (Å²) in [6.07, 6.45) is 1.76. The molecule has 0 fully saturated rings. The molecule has 0 spiro atoms. The molecular weight excluding hydrogens is 200 g/mol. The van der Waals surface area contributed by atoms with Gasteiger partial charge in [0.2, 0.25) is 0 Å². The van der Waals surface area contributed by atoms with E-state index in [1.165, 1.54) is 0 Å². The normalized spacial score (nSPS) is 11.8. The van der Waals surface area contributed by atoms with Gasteiger partial charge in [0.25, 0.3) is 0 Å². The Morgan fingerprint density at radius 3 is 2.56 bits per heavy atom. The number of imidazole rings is 1. The molecule has 0 aliphatic rings. The Labute approximate surface area is 94.9 Å². The summed E-state index contributed by atoms with van der Waals surface area (Å²) in [5, 5.41) is 0. The number of hydrogen-bond donors (Lipinski definition) is 2. The quantitative estimate of drug-likeness (QED) is 0.806. The lowest BCUT2D eigenvalue weighted by Crippen LogP contribution is -2.30. The number of hydrogen-bond acceptors (Lipinski definition) is 3. The first-order valence-electron chi connectivity index (χ1n) is 5.26. The fraction of sp³-hybridized carbons (Fsp3) is 0.333. The first-order valence-corrected chi connectivity index (χ1v) is 5.26. The van der Waals surface area contributed by atoms with Crippen molar-refractivity contribution in [1.82, 2.24) is 15.0 Å². The van der Waals surface area contributed by atoms with Crippen LogP contribution in [0.25, 0.3) is 11.4 Å². The Kier molecular flexibility index (Phi) is 2.52. The molecule has 0 radical (unpaired) electrons. The molecule has 2 rings (SSSR count). The molecule has 16 heavy (non-hydrogen) atoms. The van der Waals surface area contributed by atoms with Crippen LogP contribution < -0.4 is 5.73 Å². The number of rotatable bonds is 2. The zero-order valence-electron chi connectivity index (χ0n) is 9.78. The average Bonchev–Trinajstić information content (AvgIpc) is 2.61. The molecule has 0 saturated heterocycles. The minimum Gasteiger partial charge on any atom is -0.344 e. The van der Waals surface area contributed by atoms with Crippen LogP contribution in [-0.4, -0.2) is 15.0 Å². The smallest absolute Gasteiger partial charge is 0.126 e. The van der Waals surface area contributed by atoms with Crippen molar-refractivity contribution in [3.8, 4) is 11.4 Å². The van der Waals surface area contributed by atoms with Crippen LogP contribution in [0.5, 0.6) is 0 Å². The molecule has 0 bridgehead atoms. The summed E-state index contributed by atoms with van der Waals surface area (Å²) >= 11 is 0. The topological polar surface area (TPSA) is 67.6 Å². The second-order valence-electron chi connectivity index (χ2n) is 4.50. The Bertz CT molecular complexity index is 479. The van der Waals surface area contributed by atoms with Crippen molar-refractivity contribution in [2.24, 2.45) is 5.73 Å². The summed E-state index contributed by atoms with van der Waals surface area (Å²) in [6.45, 7) is 5.83. The fourth-order valence-electron chi connectivity index (χ4n) is 1.52. The SMILES string of the molecule is Cc1[nH]c(C(C)(C)N)nc1-c1ccccn1. The molecule has 3 N–H and O–H groups in total.